The molecule has 1 aliphatic heterocycles. The molecule has 0 radical (unpaired) electrons. The molecule has 0 aromatic rings. The fourth-order valence-corrected chi connectivity index (χ4v) is 2.52. The minimum Gasteiger partial charge on any atom is -0.396 e. The third-order valence-electron chi connectivity index (χ3n) is 4.10. The molecule has 1 heterocycles. The first-order chi connectivity index (χ1) is 7.74. The van der Waals surface area contributed by atoms with Crippen molar-refractivity contribution in [3.05, 3.63) is 0 Å². The summed E-state index contributed by atoms with van der Waals surface area (Å²) in [5.41, 5.74) is 0.0794. The number of aliphatic hydroxyl groups excluding tert-OH is 1. The van der Waals surface area contributed by atoms with E-state index in [2.05, 4.69) is 12.2 Å². The Labute approximate surface area is 98.6 Å². The lowest BCUT2D eigenvalue weighted by Crippen LogP contribution is -2.44. The highest BCUT2D eigenvalue weighted by atomic mass is 16.5. The fraction of sp³-hybridized carbons (Fsp3) is 1.00. The maximum Gasteiger partial charge on any atom is 0.0501 e. The summed E-state index contributed by atoms with van der Waals surface area (Å²) >= 11 is 0. The van der Waals surface area contributed by atoms with Gasteiger partial charge in [-0.25, -0.2) is 0 Å². The van der Waals surface area contributed by atoms with Gasteiger partial charge in [0.05, 0.1) is 6.61 Å². The second kappa shape index (κ2) is 5.48. The summed E-state index contributed by atoms with van der Waals surface area (Å²) in [5.74, 6) is 0.974. The van der Waals surface area contributed by atoms with Crippen LogP contribution in [0.2, 0.25) is 0 Å². The van der Waals surface area contributed by atoms with E-state index in [4.69, 9.17) is 4.74 Å². The molecule has 1 saturated heterocycles. The molecule has 0 aromatic carbocycles. The Morgan fingerprint density at radius 2 is 2.06 bits per heavy atom. The zero-order valence-corrected chi connectivity index (χ0v) is 10.4. The highest BCUT2D eigenvalue weighted by Crippen LogP contribution is 2.34. The largest absolute Gasteiger partial charge is 0.396 e. The zero-order chi connectivity index (χ0) is 11.4. The molecular formula is C13H25NO2. The second-order valence-electron chi connectivity index (χ2n) is 5.73. The van der Waals surface area contributed by atoms with Crippen molar-refractivity contribution in [1.82, 2.24) is 5.32 Å². The van der Waals surface area contributed by atoms with Crippen LogP contribution in [0.4, 0.5) is 0 Å². The Balaban J connectivity index is 1.72. The molecule has 1 unspecified atom stereocenters. The van der Waals surface area contributed by atoms with E-state index in [1.165, 1.54) is 19.3 Å². The van der Waals surface area contributed by atoms with Crippen LogP contribution in [0.15, 0.2) is 0 Å². The van der Waals surface area contributed by atoms with Crippen LogP contribution in [-0.4, -0.2) is 37.5 Å². The molecule has 3 heteroatoms. The van der Waals surface area contributed by atoms with Crippen LogP contribution in [-0.2, 0) is 4.74 Å². The van der Waals surface area contributed by atoms with Crippen molar-refractivity contribution in [1.29, 1.82) is 0 Å². The van der Waals surface area contributed by atoms with E-state index in [1.54, 1.807) is 0 Å². The molecule has 0 spiro atoms. The summed E-state index contributed by atoms with van der Waals surface area (Å²) in [6, 6.07) is 0.596. The van der Waals surface area contributed by atoms with Gasteiger partial charge in [0.1, 0.15) is 0 Å². The smallest absolute Gasteiger partial charge is 0.0501 e. The topological polar surface area (TPSA) is 41.5 Å². The van der Waals surface area contributed by atoms with Gasteiger partial charge in [0.15, 0.2) is 0 Å². The lowest BCUT2D eigenvalue weighted by Gasteiger charge is -2.36. The average molecular weight is 227 g/mol. The average Bonchev–Trinajstić information content (AvgIpc) is 3.12. The van der Waals surface area contributed by atoms with E-state index in [-0.39, 0.29) is 5.41 Å². The number of hydrogen-bond acceptors (Lipinski definition) is 3. The molecule has 2 N–H and O–H groups in total. The van der Waals surface area contributed by atoms with E-state index in [9.17, 15) is 5.11 Å². The van der Waals surface area contributed by atoms with Gasteiger partial charge in [0.25, 0.3) is 0 Å². The van der Waals surface area contributed by atoms with Gasteiger partial charge < -0.3 is 15.2 Å². The van der Waals surface area contributed by atoms with Crippen molar-refractivity contribution in [2.24, 2.45) is 11.3 Å². The van der Waals surface area contributed by atoms with Crippen LogP contribution >= 0.6 is 0 Å². The van der Waals surface area contributed by atoms with Crippen molar-refractivity contribution in [3.8, 4) is 0 Å². The summed E-state index contributed by atoms with van der Waals surface area (Å²) in [6.07, 6.45) is 6.13. The maximum absolute atomic E-state index is 9.55. The lowest BCUT2D eigenvalue weighted by atomic mass is 9.81. The monoisotopic (exact) mass is 227 g/mol. The van der Waals surface area contributed by atoms with Crippen LogP contribution in [0.5, 0.6) is 0 Å². The zero-order valence-electron chi connectivity index (χ0n) is 10.4. The van der Waals surface area contributed by atoms with E-state index in [0.29, 0.717) is 12.6 Å². The molecule has 1 saturated carbocycles. The molecule has 2 aliphatic rings. The predicted molar refractivity (Wildman–Crippen MR) is 64.4 cm³/mol. The molecule has 0 bridgehead atoms. The van der Waals surface area contributed by atoms with E-state index < -0.39 is 0 Å². The quantitative estimate of drug-likeness (QED) is 0.723. The standard InChI is InChI=1S/C13H25NO2/c1-11(8-12-2-3-12)14-9-13(10-15)4-6-16-7-5-13/h11-12,14-15H,2-10H2,1H3. The predicted octanol–water partition coefficient (Wildman–Crippen LogP) is 1.55. The summed E-state index contributed by atoms with van der Waals surface area (Å²) in [7, 11) is 0. The second-order valence-corrected chi connectivity index (χ2v) is 5.73. The summed E-state index contributed by atoms with van der Waals surface area (Å²) in [4.78, 5) is 0. The number of aliphatic hydroxyl groups is 1. The third kappa shape index (κ3) is 3.44. The first kappa shape index (κ1) is 12.3. The van der Waals surface area contributed by atoms with Crippen LogP contribution in [0.3, 0.4) is 0 Å². The third-order valence-corrected chi connectivity index (χ3v) is 4.10. The van der Waals surface area contributed by atoms with Gasteiger partial charge in [-0.3, -0.25) is 0 Å². The lowest BCUT2D eigenvalue weighted by molar-refractivity contribution is -0.0164. The van der Waals surface area contributed by atoms with Crippen LogP contribution in [0.25, 0.3) is 0 Å². The van der Waals surface area contributed by atoms with Crippen molar-refractivity contribution in [2.45, 2.75) is 45.1 Å². The first-order valence-electron chi connectivity index (χ1n) is 6.66. The van der Waals surface area contributed by atoms with Crippen LogP contribution < -0.4 is 5.32 Å². The van der Waals surface area contributed by atoms with Gasteiger partial charge in [-0.2, -0.15) is 0 Å². The van der Waals surface area contributed by atoms with Gasteiger partial charge in [0.2, 0.25) is 0 Å². The molecule has 0 amide bonds. The highest BCUT2D eigenvalue weighted by Gasteiger charge is 2.32. The Morgan fingerprint density at radius 3 is 2.62 bits per heavy atom. The minimum absolute atomic E-state index is 0.0794. The molecule has 3 nitrogen and oxygen atoms in total. The van der Waals surface area contributed by atoms with Crippen molar-refractivity contribution in [3.63, 3.8) is 0 Å². The molecule has 0 aromatic heterocycles. The van der Waals surface area contributed by atoms with Crippen LogP contribution in [0, 0.1) is 11.3 Å². The summed E-state index contributed by atoms with van der Waals surface area (Å²) in [6.45, 7) is 5.11. The molecule has 16 heavy (non-hydrogen) atoms. The summed E-state index contributed by atoms with van der Waals surface area (Å²) < 4.78 is 5.37. The highest BCUT2D eigenvalue weighted by molar-refractivity contribution is 4.85. The Morgan fingerprint density at radius 1 is 1.38 bits per heavy atom. The van der Waals surface area contributed by atoms with Crippen molar-refractivity contribution < 1.29 is 9.84 Å². The van der Waals surface area contributed by atoms with Gasteiger partial charge in [-0.05, 0) is 32.1 Å². The Hall–Kier alpha value is -0.120. The van der Waals surface area contributed by atoms with Gasteiger partial charge in [-0.1, -0.05) is 12.8 Å². The minimum atomic E-state index is 0.0794. The first-order valence-corrected chi connectivity index (χ1v) is 6.66. The normalized spacial score (nSPS) is 26.6. The molecule has 1 aliphatic carbocycles. The number of ether oxygens (including phenoxy) is 1. The van der Waals surface area contributed by atoms with E-state index in [0.717, 1.165) is 38.5 Å². The van der Waals surface area contributed by atoms with Gasteiger partial charge in [0, 0.05) is 31.2 Å². The molecule has 1 atom stereocenters. The molecule has 2 fully saturated rings. The molecule has 94 valence electrons. The number of hydrogen-bond donors (Lipinski definition) is 2. The summed E-state index contributed by atoms with van der Waals surface area (Å²) in [5, 5.41) is 13.2. The van der Waals surface area contributed by atoms with E-state index in [1.807, 2.05) is 0 Å². The Kier molecular flexibility index (Phi) is 4.22. The Bertz CT molecular complexity index is 210. The SMILES string of the molecule is CC(CC1CC1)NCC1(CO)CCOCC1. The number of nitrogens with one attached hydrogen (secondary N) is 1. The number of rotatable bonds is 6. The van der Waals surface area contributed by atoms with Crippen molar-refractivity contribution in [2.75, 3.05) is 26.4 Å². The molecule has 2 rings (SSSR count). The van der Waals surface area contributed by atoms with E-state index >= 15 is 0 Å². The maximum atomic E-state index is 9.55. The fourth-order valence-electron chi connectivity index (χ4n) is 2.52. The van der Waals surface area contributed by atoms with Crippen LogP contribution in [0.1, 0.15) is 39.0 Å². The van der Waals surface area contributed by atoms with Crippen molar-refractivity contribution >= 4 is 0 Å². The molecular weight excluding hydrogens is 202 g/mol. The van der Waals surface area contributed by atoms with Gasteiger partial charge in [-0.15, -0.1) is 0 Å². The van der Waals surface area contributed by atoms with Gasteiger partial charge >= 0.3 is 0 Å².